The average Bonchev–Trinajstić information content (AvgIpc) is 3.68. The highest BCUT2D eigenvalue weighted by molar-refractivity contribution is 7.88. The summed E-state index contributed by atoms with van der Waals surface area (Å²) in [5, 5.41) is 1.08. The molecule has 250 valence electrons. The van der Waals surface area contributed by atoms with E-state index in [1.54, 1.807) is 13.2 Å². The van der Waals surface area contributed by atoms with Crippen molar-refractivity contribution in [2.75, 3.05) is 33.8 Å². The quantitative estimate of drug-likeness (QED) is 0.379. The van der Waals surface area contributed by atoms with Crippen LogP contribution in [0.3, 0.4) is 0 Å². The van der Waals surface area contributed by atoms with Crippen LogP contribution in [0.4, 0.5) is 0 Å². The summed E-state index contributed by atoms with van der Waals surface area (Å²) in [4.78, 5) is 33.0. The fraction of sp³-hybridized carbons (Fsp3) is 0.556. The summed E-state index contributed by atoms with van der Waals surface area (Å²) < 4.78 is 36.8. The van der Waals surface area contributed by atoms with Crippen molar-refractivity contribution in [2.24, 2.45) is 5.41 Å². The van der Waals surface area contributed by atoms with Crippen LogP contribution in [0.15, 0.2) is 36.4 Å². The Bertz CT molecular complexity index is 1870. The van der Waals surface area contributed by atoms with E-state index in [0.29, 0.717) is 12.5 Å². The van der Waals surface area contributed by atoms with Gasteiger partial charge in [-0.1, -0.05) is 32.3 Å². The molecule has 2 saturated heterocycles. The van der Waals surface area contributed by atoms with E-state index in [0.717, 1.165) is 79.6 Å². The lowest BCUT2D eigenvalue weighted by Gasteiger charge is -2.42. The number of rotatable bonds is 7. The fourth-order valence-electron chi connectivity index (χ4n) is 9.49. The lowest BCUT2D eigenvalue weighted by atomic mass is 9.81. The van der Waals surface area contributed by atoms with Crippen LogP contribution < -0.4 is 14.2 Å². The summed E-state index contributed by atoms with van der Waals surface area (Å²) in [6, 6.07) is 12.4. The van der Waals surface area contributed by atoms with E-state index in [1.807, 2.05) is 18.2 Å². The maximum Gasteiger partial charge on any atom is 0.301 e. The standard InChI is InChI=1S/C36H45N5O5S/c1-4-39-19-24-11-12-25(20-39)41(24)35(43)36-18-30(36)29-17-26(46-3)13-15-27(29)33-32(22-8-6-5-7-9-22)28-14-10-23(16-31(28)40(33)21-36)34(42)38-47(44,45)37-2/h10,13-17,22,24-25,30,37H,4-9,11-12,18-21H2,1-3H3,(H,38,42). The Morgan fingerprint density at radius 3 is 2.43 bits per heavy atom. The molecule has 11 heteroatoms. The van der Waals surface area contributed by atoms with Crippen molar-refractivity contribution in [1.29, 1.82) is 0 Å². The average molecular weight is 660 g/mol. The van der Waals surface area contributed by atoms with E-state index in [-0.39, 0.29) is 29.5 Å². The number of likely N-dealkylation sites (tertiary alicyclic amines) is 1. The van der Waals surface area contributed by atoms with Crippen LogP contribution in [0.25, 0.3) is 22.2 Å². The molecule has 47 heavy (non-hydrogen) atoms. The minimum atomic E-state index is -3.97. The van der Waals surface area contributed by atoms with Crippen LogP contribution in [0, 0.1) is 5.41 Å². The third-order valence-electron chi connectivity index (χ3n) is 11.9. The zero-order valence-electron chi connectivity index (χ0n) is 27.5. The summed E-state index contributed by atoms with van der Waals surface area (Å²) in [6.07, 6.45) is 8.65. The highest BCUT2D eigenvalue weighted by Crippen LogP contribution is 2.66. The molecular formula is C36H45N5O5S. The number of nitrogens with one attached hydrogen (secondary N) is 2. The normalized spacial score (nSPS) is 27.1. The van der Waals surface area contributed by atoms with Gasteiger partial charge in [0.1, 0.15) is 5.75 Å². The number of fused-ring (bicyclic) bond motifs is 9. The summed E-state index contributed by atoms with van der Waals surface area (Å²) >= 11 is 0. The van der Waals surface area contributed by atoms with E-state index in [4.69, 9.17) is 4.74 Å². The summed E-state index contributed by atoms with van der Waals surface area (Å²) in [5.74, 6) is 0.811. The highest BCUT2D eigenvalue weighted by atomic mass is 32.2. The molecule has 3 aromatic rings. The number of likely N-dealkylation sites (N-methyl/N-ethyl adjacent to an activating group) is 1. The van der Waals surface area contributed by atoms with Crippen LogP contribution in [0.1, 0.15) is 91.6 Å². The first-order chi connectivity index (χ1) is 22.7. The lowest BCUT2D eigenvalue weighted by Crippen LogP contribution is -2.57. The van der Waals surface area contributed by atoms with Crippen molar-refractivity contribution >= 4 is 32.9 Å². The van der Waals surface area contributed by atoms with Crippen molar-refractivity contribution < 1.29 is 22.7 Å². The number of carbonyl (C=O) groups excluding carboxylic acids is 2. The van der Waals surface area contributed by atoms with Gasteiger partial charge < -0.3 is 14.2 Å². The predicted octanol–water partition coefficient (Wildman–Crippen LogP) is 4.74. The van der Waals surface area contributed by atoms with Gasteiger partial charge in [-0.15, -0.1) is 0 Å². The van der Waals surface area contributed by atoms with Gasteiger partial charge in [-0.05, 0) is 86.0 Å². The van der Waals surface area contributed by atoms with Crippen LogP contribution in [0.2, 0.25) is 0 Å². The summed E-state index contributed by atoms with van der Waals surface area (Å²) in [7, 11) is -1.01. The Hall–Kier alpha value is -3.41. The van der Waals surface area contributed by atoms with Crippen LogP contribution in [0.5, 0.6) is 5.75 Å². The van der Waals surface area contributed by atoms with Gasteiger partial charge >= 0.3 is 10.2 Å². The first kappa shape index (κ1) is 30.9. The van der Waals surface area contributed by atoms with Crippen molar-refractivity contribution in [3.8, 4) is 17.0 Å². The summed E-state index contributed by atoms with van der Waals surface area (Å²) in [6.45, 7) is 5.60. The van der Waals surface area contributed by atoms with Crippen LogP contribution >= 0.6 is 0 Å². The largest absolute Gasteiger partial charge is 0.497 e. The van der Waals surface area contributed by atoms with Crippen LogP contribution in [-0.4, -0.2) is 80.5 Å². The number of amides is 2. The Balaban J connectivity index is 1.31. The molecule has 2 saturated carbocycles. The molecule has 4 unspecified atom stereocenters. The number of ether oxygens (including phenoxy) is 1. The molecule has 0 radical (unpaired) electrons. The molecule has 4 atom stereocenters. The number of methoxy groups -OCH3 is 1. The molecule has 1 aromatic heterocycles. The predicted molar refractivity (Wildman–Crippen MR) is 181 cm³/mol. The molecule has 2 bridgehead atoms. The van der Waals surface area contributed by atoms with Crippen molar-refractivity contribution in [2.45, 2.75) is 88.8 Å². The van der Waals surface area contributed by atoms with Crippen LogP contribution in [-0.2, 0) is 21.5 Å². The third-order valence-corrected chi connectivity index (χ3v) is 12.9. The van der Waals surface area contributed by atoms with Gasteiger partial charge in [0.15, 0.2) is 0 Å². The first-order valence-corrected chi connectivity index (χ1v) is 18.8. The van der Waals surface area contributed by atoms with E-state index in [2.05, 4.69) is 42.9 Å². The van der Waals surface area contributed by atoms with Gasteiger partial charge in [-0.3, -0.25) is 14.5 Å². The maximum absolute atomic E-state index is 15.0. The number of carbonyl (C=O) groups is 2. The molecular weight excluding hydrogens is 614 g/mol. The lowest BCUT2D eigenvalue weighted by molar-refractivity contribution is -0.143. The van der Waals surface area contributed by atoms with Gasteiger partial charge in [-0.25, -0.2) is 9.44 Å². The molecule has 4 fully saturated rings. The van der Waals surface area contributed by atoms with Gasteiger partial charge in [0, 0.05) is 66.7 Å². The molecule has 4 heterocycles. The zero-order valence-corrected chi connectivity index (χ0v) is 28.4. The molecule has 0 spiro atoms. The number of aromatic nitrogens is 1. The Morgan fingerprint density at radius 2 is 1.74 bits per heavy atom. The Morgan fingerprint density at radius 1 is 1.00 bits per heavy atom. The number of piperazine rings is 1. The number of nitrogens with zero attached hydrogens (tertiary/aromatic N) is 3. The zero-order chi connectivity index (χ0) is 32.7. The number of hydrogen-bond acceptors (Lipinski definition) is 6. The minimum absolute atomic E-state index is 0.0742. The monoisotopic (exact) mass is 659 g/mol. The van der Waals surface area contributed by atoms with Gasteiger partial charge in [0.2, 0.25) is 5.91 Å². The molecule has 2 N–H and O–H groups in total. The second-order valence-electron chi connectivity index (χ2n) is 14.4. The Labute approximate surface area is 277 Å². The van der Waals surface area contributed by atoms with Crippen molar-refractivity contribution in [1.82, 2.24) is 23.8 Å². The molecule has 10 nitrogen and oxygen atoms in total. The molecule has 5 aliphatic rings. The van der Waals surface area contributed by atoms with Crippen molar-refractivity contribution in [3.05, 3.63) is 53.1 Å². The smallest absolute Gasteiger partial charge is 0.301 e. The highest BCUT2D eigenvalue weighted by Gasteiger charge is 2.65. The van der Waals surface area contributed by atoms with E-state index >= 15 is 4.79 Å². The van der Waals surface area contributed by atoms with Gasteiger partial charge in [-0.2, -0.15) is 8.42 Å². The SMILES string of the molecule is CCN1CC2CCC(C1)N2C(=O)C12CC1c1cc(OC)ccc1-c1c(C3CCCCC3)c3ccc(C(=O)NS(=O)(=O)NC)cc3n1C2. The molecule has 3 aliphatic heterocycles. The van der Waals surface area contributed by atoms with E-state index in [1.165, 1.54) is 37.4 Å². The topological polar surface area (TPSA) is 113 Å². The second kappa shape index (κ2) is 11.3. The third kappa shape index (κ3) is 4.91. The molecule has 2 aliphatic carbocycles. The molecule has 2 amide bonds. The summed E-state index contributed by atoms with van der Waals surface area (Å²) in [5.41, 5.74) is 5.31. The Kier molecular flexibility index (Phi) is 7.46. The minimum Gasteiger partial charge on any atom is -0.497 e. The number of benzene rings is 2. The second-order valence-corrected chi connectivity index (χ2v) is 16.0. The van der Waals surface area contributed by atoms with Gasteiger partial charge in [0.05, 0.1) is 18.2 Å². The van der Waals surface area contributed by atoms with E-state index < -0.39 is 21.5 Å². The molecule has 8 rings (SSSR count). The van der Waals surface area contributed by atoms with Gasteiger partial charge in [0.25, 0.3) is 5.91 Å². The maximum atomic E-state index is 15.0. The fourth-order valence-corrected chi connectivity index (χ4v) is 9.96. The van der Waals surface area contributed by atoms with Crippen molar-refractivity contribution in [3.63, 3.8) is 0 Å². The molecule has 2 aromatic carbocycles. The number of hydrogen-bond donors (Lipinski definition) is 2. The van der Waals surface area contributed by atoms with E-state index in [9.17, 15) is 13.2 Å². The first-order valence-electron chi connectivity index (χ1n) is 17.3.